The first-order valence-electron chi connectivity index (χ1n) is 7.36. The Morgan fingerprint density at radius 3 is 2.38 bits per heavy atom. The molecule has 1 aromatic carbocycles. The highest BCUT2D eigenvalue weighted by Crippen LogP contribution is 2.33. The Labute approximate surface area is 150 Å². The number of carboxylic acid groups (broad SMARTS) is 1. The van der Waals surface area contributed by atoms with Gasteiger partial charge >= 0.3 is 5.97 Å². The lowest BCUT2D eigenvalue weighted by Crippen LogP contribution is -2.48. The van der Waals surface area contributed by atoms with E-state index in [0.717, 1.165) is 6.07 Å². The summed E-state index contributed by atoms with van der Waals surface area (Å²) >= 11 is 0. The summed E-state index contributed by atoms with van der Waals surface area (Å²) in [5.74, 6) is -2.58. The minimum atomic E-state index is -4.48. The maximum Gasteiger partial charge on any atom is 0.318 e. The van der Waals surface area contributed by atoms with Gasteiger partial charge in [-0.25, -0.2) is 16.8 Å². The number of methoxy groups -OCH3 is 2. The van der Waals surface area contributed by atoms with Crippen LogP contribution in [0.5, 0.6) is 11.5 Å². The predicted molar refractivity (Wildman–Crippen MR) is 89.5 cm³/mol. The Morgan fingerprint density at radius 1 is 1.27 bits per heavy atom. The number of aliphatic carboxylic acids is 1. The van der Waals surface area contributed by atoms with Gasteiger partial charge in [-0.15, -0.1) is 0 Å². The number of sulfonamides is 1. The molecule has 0 radical (unpaired) electrons. The zero-order valence-corrected chi connectivity index (χ0v) is 15.7. The average Bonchev–Trinajstić information content (AvgIpc) is 2.83. The standard InChI is InChI=1S/C14H19NO9S2/c1-23-9-3-4-13(12(5-9)24-2)26(21,22)15(6-14(17)18)10-7-25(19,20)8-11(10)16/h3-5,10-11,16H,6-8H2,1-2H3,(H,17,18)/t10-,11-/m1/s1. The van der Waals surface area contributed by atoms with E-state index >= 15 is 0 Å². The largest absolute Gasteiger partial charge is 0.497 e. The van der Waals surface area contributed by atoms with Crippen molar-refractivity contribution in [3.05, 3.63) is 18.2 Å². The lowest BCUT2D eigenvalue weighted by atomic mass is 10.2. The van der Waals surface area contributed by atoms with Crippen LogP contribution in [0.25, 0.3) is 0 Å². The van der Waals surface area contributed by atoms with Crippen LogP contribution >= 0.6 is 0 Å². The van der Waals surface area contributed by atoms with Crippen LogP contribution < -0.4 is 9.47 Å². The maximum atomic E-state index is 13.0. The van der Waals surface area contributed by atoms with E-state index in [9.17, 15) is 26.7 Å². The van der Waals surface area contributed by atoms with Crippen LogP contribution in [-0.2, 0) is 24.7 Å². The molecule has 2 N–H and O–H groups in total. The van der Waals surface area contributed by atoms with Gasteiger partial charge in [0.25, 0.3) is 0 Å². The Kier molecular flexibility index (Phi) is 5.80. The number of benzene rings is 1. The molecule has 0 saturated carbocycles. The average molecular weight is 409 g/mol. The SMILES string of the molecule is COc1ccc(S(=O)(=O)N(CC(=O)O)[C@@H]2CS(=O)(=O)C[C@H]2O)c(OC)c1. The molecule has 0 amide bonds. The Bertz CT molecular complexity index is 895. The zero-order valence-electron chi connectivity index (χ0n) is 14.0. The highest BCUT2D eigenvalue weighted by molar-refractivity contribution is 7.92. The molecule has 1 aliphatic heterocycles. The third-order valence-corrected chi connectivity index (χ3v) is 7.52. The second kappa shape index (κ2) is 7.39. The van der Waals surface area contributed by atoms with Crippen molar-refractivity contribution >= 4 is 25.8 Å². The van der Waals surface area contributed by atoms with Crippen LogP contribution in [0.1, 0.15) is 0 Å². The highest BCUT2D eigenvalue weighted by Gasteiger charge is 2.46. The number of carboxylic acids is 1. The van der Waals surface area contributed by atoms with E-state index in [0.29, 0.717) is 10.1 Å². The van der Waals surface area contributed by atoms with Crippen LogP contribution in [0.4, 0.5) is 0 Å². The molecule has 10 nitrogen and oxygen atoms in total. The summed E-state index contributed by atoms with van der Waals surface area (Å²) in [6.45, 7) is -1.01. The van der Waals surface area contributed by atoms with Crippen LogP contribution in [-0.4, -0.2) is 81.7 Å². The zero-order chi connectivity index (χ0) is 19.7. The molecule has 146 valence electrons. The second-order valence-electron chi connectivity index (χ2n) is 5.67. The molecule has 1 aliphatic rings. The molecule has 2 rings (SSSR count). The minimum Gasteiger partial charge on any atom is -0.497 e. The molecular weight excluding hydrogens is 390 g/mol. The Hall–Kier alpha value is -1.89. The monoisotopic (exact) mass is 409 g/mol. The van der Waals surface area contributed by atoms with E-state index < -0.39 is 56.0 Å². The first-order valence-corrected chi connectivity index (χ1v) is 10.6. The number of sulfone groups is 1. The van der Waals surface area contributed by atoms with Gasteiger partial charge in [-0.3, -0.25) is 4.79 Å². The Morgan fingerprint density at radius 2 is 1.92 bits per heavy atom. The molecule has 2 atom stereocenters. The number of hydrogen-bond donors (Lipinski definition) is 2. The van der Waals surface area contributed by atoms with Gasteiger partial charge in [0, 0.05) is 6.07 Å². The van der Waals surface area contributed by atoms with Crippen LogP contribution in [0.3, 0.4) is 0 Å². The number of hydrogen-bond acceptors (Lipinski definition) is 8. The van der Waals surface area contributed by atoms with Crippen molar-refractivity contribution < 1.29 is 41.3 Å². The summed E-state index contributed by atoms with van der Waals surface area (Å²) in [5.41, 5.74) is 0. The smallest absolute Gasteiger partial charge is 0.318 e. The molecule has 0 spiro atoms. The molecule has 0 aromatic heterocycles. The molecule has 12 heteroatoms. The number of aliphatic hydroxyl groups excluding tert-OH is 1. The first kappa shape index (κ1) is 20.4. The van der Waals surface area contributed by atoms with Crippen molar-refractivity contribution in [2.45, 2.75) is 17.0 Å². The lowest BCUT2D eigenvalue weighted by Gasteiger charge is -2.28. The van der Waals surface area contributed by atoms with E-state index in [1.54, 1.807) is 0 Å². The fraction of sp³-hybridized carbons (Fsp3) is 0.500. The number of nitrogens with zero attached hydrogens (tertiary/aromatic N) is 1. The summed E-state index contributed by atoms with van der Waals surface area (Å²) in [6, 6.07) is 2.40. The summed E-state index contributed by atoms with van der Waals surface area (Å²) < 4.78 is 60.1. The topological polar surface area (TPSA) is 148 Å². The maximum absolute atomic E-state index is 13.0. The highest BCUT2D eigenvalue weighted by atomic mass is 32.2. The van der Waals surface area contributed by atoms with Crippen molar-refractivity contribution in [1.29, 1.82) is 0 Å². The molecule has 1 aromatic rings. The van der Waals surface area contributed by atoms with Crippen molar-refractivity contribution in [3.63, 3.8) is 0 Å². The van der Waals surface area contributed by atoms with Crippen LogP contribution in [0.15, 0.2) is 23.1 Å². The summed E-state index contributed by atoms with van der Waals surface area (Å²) in [6.07, 6.45) is -1.53. The minimum absolute atomic E-state index is 0.102. The molecule has 26 heavy (non-hydrogen) atoms. The van der Waals surface area contributed by atoms with Gasteiger partial charge in [-0.1, -0.05) is 0 Å². The van der Waals surface area contributed by atoms with Gasteiger partial charge in [-0.2, -0.15) is 4.31 Å². The van der Waals surface area contributed by atoms with Crippen molar-refractivity contribution in [2.24, 2.45) is 0 Å². The lowest BCUT2D eigenvalue weighted by molar-refractivity contribution is -0.137. The first-order chi connectivity index (χ1) is 12.0. The van der Waals surface area contributed by atoms with Crippen molar-refractivity contribution in [1.82, 2.24) is 4.31 Å². The third-order valence-electron chi connectivity index (χ3n) is 3.91. The molecule has 0 bridgehead atoms. The molecule has 1 fully saturated rings. The predicted octanol–water partition coefficient (Wildman–Crippen LogP) is -1.06. The van der Waals surface area contributed by atoms with Crippen LogP contribution in [0.2, 0.25) is 0 Å². The van der Waals surface area contributed by atoms with Crippen molar-refractivity contribution in [3.8, 4) is 11.5 Å². The number of aliphatic hydroxyl groups is 1. The van der Waals surface area contributed by atoms with E-state index in [-0.39, 0.29) is 10.6 Å². The van der Waals surface area contributed by atoms with E-state index in [1.165, 1.54) is 26.4 Å². The van der Waals surface area contributed by atoms with Gasteiger partial charge in [0.1, 0.15) is 22.9 Å². The van der Waals surface area contributed by atoms with Crippen LogP contribution in [0, 0.1) is 0 Å². The third kappa shape index (κ3) is 4.09. The normalized spacial score (nSPS) is 22.3. The van der Waals surface area contributed by atoms with Gasteiger partial charge in [0.2, 0.25) is 10.0 Å². The molecule has 1 heterocycles. The fourth-order valence-corrected chi connectivity index (χ4v) is 6.35. The molecule has 0 aliphatic carbocycles. The van der Waals surface area contributed by atoms with E-state index in [4.69, 9.17) is 14.6 Å². The Balaban J connectivity index is 2.55. The number of rotatable bonds is 7. The number of carbonyl (C=O) groups is 1. The second-order valence-corrected chi connectivity index (χ2v) is 9.69. The number of ether oxygens (including phenoxy) is 2. The quantitative estimate of drug-likeness (QED) is 0.575. The van der Waals surface area contributed by atoms with Crippen molar-refractivity contribution in [2.75, 3.05) is 32.3 Å². The molecule has 0 unspecified atom stereocenters. The fourth-order valence-electron chi connectivity index (χ4n) is 2.71. The summed E-state index contributed by atoms with van der Waals surface area (Å²) in [4.78, 5) is 10.8. The molecular formula is C14H19NO9S2. The summed E-state index contributed by atoms with van der Waals surface area (Å²) in [7, 11) is -5.58. The van der Waals surface area contributed by atoms with Gasteiger partial charge in [0.15, 0.2) is 9.84 Å². The van der Waals surface area contributed by atoms with Gasteiger partial charge in [0.05, 0.1) is 37.9 Å². The molecule has 1 saturated heterocycles. The van der Waals surface area contributed by atoms with Gasteiger partial charge in [-0.05, 0) is 12.1 Å². The van der Waals surface area contributed by atoms with Gasteiger partial charge < -0.3 is 19.7 Å². The summed E-state index contributed by atoms with van der Waals surface area (Å²) in [5, 5.41) is 19.1. The van der Waals surface area contributed by atoms with E-state index in [1.807, 2.05) is 0 Å². The van der Waals surface area contributed by atoms with E-state index in [2.05, 4.69) is 0 Å².